The van der Waals surface area contributed by atoms with Gasteiger partial charge in [-0.15, -0.1) is 24.0 Å². The molecule has 1 aliphatic rings. The van der Waals surface area contributed by atoms with Gasteiger partial charge in [0.05, 0.1) is 12.1 Å². The molecule has 23 heavy (non-hydrogen) atoms. The van der Waals surface area contributed by atoms with Crippen molar-refractivity contribution >= 4 is 36.0 Å². The lowest BCUT2D eigenvalue weighted by molar-refractivity contribution is 0.0476. The molecule has 7 heteroatoms. The van der Waals surface area contributed by atoms with Crippen molar-refractivity contribution in [1.82, 2.24) is 16.0 Å². The van der Waals surface area contributed by atoms with Gasteiger partial charge in [-0.25, -0.2) is 4.79 Å². The Morgan fingerprint density at radius 2 is 1.78 bits per heavy atom. The van der Waals surface area contributed by atoms with Crippen molar-refractivity contribution in [3.63, 3.8) is 0 Å². The normalized spacial score (nSPS) is 15.5. The van der Waals surface area contributed by atoms with Gasteiger partial charge in [-0.2, -0.15) is 0 Å². The monoisotopic (exact) mass is 440 g/mol. The van der Waals surface area contributed by atoms with Crippen LogP contribution in [0.4, 0.5) is 4.79 Å². The Balaban J connectivity index is 0.00000484. The number of alkyl carbamates (subject to hydrolysis) is 1. The van der Waals surface area contributed by atoms with Gasteiger partial charge in [0.15, 0.2) is 5.96 Å². The molecule has 0 heterocycles. The highest BCUT2D eigenvalue weighted by molar-refractivity contribution is 14.0. The number of hydrogen-bond acceptors (Lipinski definition) is 3. The van der Waals surface area contributed by atoms with Gasteiger partial charge >= 0.3 is 6.09 Å². The summed E-state index contributed by atoms with van der Waals surface area (Å²) in [7, 11) is 0. The molecular weight excluding hydrogens is 407 g/mol. The first-order valence-electron chi connectivity index (χ1n) is 8.14. The molecule has 1 rings (SSSR count). The van der Waals surface area contributed by atoms with Crippen LogP contribution in [-0.2, 0) is 4.74 Å². The lowest BCUT2D eigenvalue weighted by atomic mass is 10.1. The lowest BCUT2D eigenvalue weighted by Gasteiger charge is -2.27. The minimum atomic E-state index is -0.496. The van der Waals surface area contributed by atoms with Gasteiger partial charge in [-0.1, -0.05) is 0 Å². The number of aliphatic imine (C=N–C) groups is 1. The van der Waals surface area contributed by atoms with Crippen LogP contribution in [0.15, 0.2) is 4.99 Å². The van der Waals surface area contributed by atoms with Crippen LogP contribution in [0, 0.1) is 5.92 Å². The number of amides is 1. The molecule has 0 saturated heterocycles. The number of rotatable bonds is 6. The Hall–Kier alpha value is -0.730. The second-order valence-electron chi connectivity index (χ2n) is 7.53. The fourth-order valence-corrected chi connectivity index (χ4v) is 1.80. The molecule has 0 spiro atoms. The maximum Gasteiger partial charge on any atom is 0.408 e. The minimum Gasteiger partial charge on any atom is -0.444 e. The third-order valence-corrected chi connectivity index (χ3v) is 3.07. The minimum absolute atomic E-state index is 0. The lowest BCUT2D eigenvalue weighted by Crippen LogP contribution is -2.49. The zero-order valence-corrected chi connectivity index (χ0v) is 17.6. The number of carbonyl (C=O) groups is 1. The summed E-state index contributed by atoms with van der Waals surface area (Å²) in [6.07, 6.45) is 2.19. The fraction of sp³-hybridized carbons (Fsp3) is 0.875. The molecule has 0 bridgehead atoms. The summed E-state index contributed by atoms with van der Waals surface area (Å²) in [4.78, 5) is 16.4. The van der Waals surface area contributed by atoms with Crippen molar-refractivity contribution in [2.75, 3.05) is 19.6 Å². The maximum absolute atomic E-state index is 11.9. The summed E-state index contributed by atoms with van der Waals surface area (Å²) in [5.41, 5.74) is -0.964. The SMILES string of the molecule is CCNC(=NCC(C)(C)NC(=O)OC(C)(C)C)NCC1CC1.I. The molecular formula is C16H33IN4O2. The van der Waals surface area contributed by atoms with Gasteiger partial charge in [-0.3, -0.25) is 4.99 Å². The zero-order chi connectivity index (χ0) is 16.8. The summed E-state index contributed by atoms with van der Waals surface area (Å²) in [6.45, 7) is 13.7. The summed E-state index contributed by atoms with van der Waals surface area (Å²) in [5, 5.41) is 9.43. The van der Waals surface area contributed by atoms with E-state index in [1.165, 1.54) is 12.8 Å². The molecule has 0 aliphatic heterocycles. The van der Waals surface area contributed by atoms with Crippen LogP contribution in [0.5, 0.6) is 0 Å². The van der Waals surface area contributed by atoms with Crippen molar-refractivity contribution in [2.45, 2.75) is 65.5 Å². The van der Waals surface area contributed by atoms with E-state index in [2.05, 4.69) is 20.9 Å². The van der Waals surface area contributed by atoms with Gasteiger partial charge < -0.3 is 20.7 Å². The Morgan fingerprint density at radius 1 is 1.17 bits per heavy atom. The van der Waals surface area contributed by atoms with E-state index in [1.807, 2.05) is 41.5 Å². The molecule has 1 fully saturated rings. The maximum atomic E-state index is 11.9. The first-order chi connectivity index (χ1) is 10.1. The average Bonchev–Trinajstić information content (AvgIpc) is 3.13. The van der Waals surface area contributed by atoms with E-state index >= 15 is 0 Å². The third-order valence-electron chi connectivity index (χ3n) is 3.07. The van der Waals surface area contributed by atoms with E-state index in [1.54, 1.807) is 0 Å². The molecule has 0 radical (unpaired) electrons. The molecule has 1 aliphatic carbocycles. The Bertz CT molecular complexity index is 401. The molecule has 136 valence electrons. The predicted octanol–water partition coefficient (Wildman–Crippen LogP) is 2.87. The summed E-state index contributed by atoms with van der Waals surface area (Å²) < 4.78 is 5.29. The number of hydrogen-bond donors (Lipinski definition) is 3. The standard InChI is InChI=1S/C16H32N4O2.HI/c1-7-17-13(18-10-12-8-9-12)19-11-16(5,6)20-14(21)22-15(2,3)4;/h12H,7-11H2,1-6H3,(H,20,21)(H2,17,18,19);1H. The molecule has 0 aromatic heterocycles. The van der Waals surface area contributed by atoms with Crippen molar-refractivity contribution < 1.29 is 9.53 Å². The number of nitrogens with one attached hydrogen (secondary N) is 3. The summed E-state index contributed by atoms with van der Waals surface area (Å²) in [5.74, 6) is 1.59. The van der Waals surface area contributed by atoms with Crippen LogP contribution < -0.4 is 16.0 Å². The first kappa shape index (κ1) is 22.3. The van der Waals surface area contributed by atoms with E-state index in [9.17, 15) is 4.79 Å². The number of carbonyl (C=O) groups excluding carboxylic acids is 1. The Kier molecular flexibility index (Phi) is 9.24. The number of ether oxygens (including phenoxy) is 1. The first-order valence-corrected chi connectivity index (χ1v) is 8.14. The zero-order valence-electron chi connectivity index (χ0n) is 15.3. The van der Waals surface area contributed by atoms with E-state index in [0.717, 1.165) is 25.0 Å². The van der Waals surface area contributed by atoms with E-state index < -0.39 is 17.2 Å². The van der Waals surface area contributed by atoms with Crippen LogP contribution in [-0.4, -0.2) is 42.8 Å². The quantitative estimate of drug-likeness (QED) is 0.337. The molecule has 0 atom stereocenters. The van der Waals surface area contributed by atoms with Gasteiger partial charge in [0, 0.05) is 13.1 Å². The van der Waals surface area contributed by atoms with Gasteiger partial charge in [-0.05, 0) is 60.3 Å². The molecule has 0 aromatic rings. The smallest absolute Gasteiger partial charge is 0.408 e. The molecule has 1 saturated carbocycles. The van der Waals surface area contributed by atoms with Crippen molar-refractivity contribution in [3.05, 3.63) is 0 Å². The Labute approximate surface area is 157 Å². The van der Waals surface area contributed by atoms with Crippen LogP contribution in [0.1, 0.15) is 54.4 Å². The van der Waals surface area contributed by atoms with Crippen LogP contribution in [0.3, 0.4) is 0 Å². The second kappa shape index (κ2) is 9.54. The highest BCUT2D eigenvalue weighted by Crippen LogP contribution is 2.27. The van der Waals surface area contributed by atoms with Crippen LogP contribution in [0.25, 0.3) is 0 Å². The van der Waals surface area contributed by atoms with Crippen LogP contribution in [0.2, 0.25) is 0 Å². The van der Waals surface area contributed by atoms with Gasteiger partial charge in [0.2, 0.25) is 0 Å². The fourth-order valence-electron chi connectivity index (χ4n) is 1.80. The number of nitrogens with zero attached hydrogens (tertiary/aromatic N) is 1. The van der Waals surface area contributed by atoms with Crippen molar-refractivity contribution in [2.24, 2.45) is 10.9 Å². The molecule has 0 aromatic carbocycles. The highest BCUT2D eigenvalue weighted by Gasteiger charge is 2.25. The van der Waals surface area contributed by atoms with Crippen LogP contribution >= 0.6 is 24.0 Å². The van der Waals surface area contributed by atoms with Gasteiger partial charge in [0.1, 0.15) is 5.60 Å². The van der Waals surface area contributed by atoms with Crippen molar-refractivity contribution in [1.29, 1.82) is 0 Å². The predicted molar refractivity (Wildman–Crippen MR) is 106 cm³/mol. The van der Waals surface area contributed by atoms with Crippen molar-refractivity contribution in [3.8, 4) is 0 Å². The topological polar surface area (TPSA) is 74.8 Å². The third kappa shape index (κ3) is 11.4. The van der Waals surface area contributed by atoms with E-state index in [0.29, 0.717) is 6.54 Å². The number of guanidine groups is 1. The molecule has 3 N–H and O–H groups in total. The highest BCUT2D eigenvalue weighted by atomic mass is 127. The summed E-state index contributed by atoms with van der Waals surface area (Å²) in [6, 6.07) is 0. The largest absolute Gasteiger partial charge is 0.444 e. The van der Waals surface area contributed by atoms with Gasteiger partial charge in [0.25, 0.3) is 0 Å². The van der Waals surface area contributed by atoms with E-state index in [4.69, 9.17) is 4.74 Å². The summed E-state index contributed by atoms with van der Waals surface area (Å²) >= 11 is 0. The number of halogens is 1. The Morgan fingerprint density at radius 3 is 2.26 bits per heavy atom. The molecule has 6 nitrogen and oxygen atoms in total. The molecule has 1 amide bonds. The van der Waals surface area contributed by atoms with E-state index in [-0.39, 0.29) is 24.0 Å². The molecule has 0 unspecified atom stereocenters. The average molecular weight is 440 g/mol. The second-order valence-corrected chi connectivity index (χ2v) is 7.53.